The van der Waals surface area contributed by atoms with Crippen LogP contribution in [0, 0.1) is 0 Å². The molecule has 0 bridgehead atoms. The van der Waals surface area contributed by atoms with Crippen LogP contribution in [-0.4, -0.2) is 30.8 Å². The standard InChI is InChI=1S/C13H20N2O3/c1-13(7-4-5-9-18-13)12-14-8-6-10(15-12)11(16-2)17-3/h6,8,11H,4-5,7,9H2,1-3H3. The van der Waals surface area contributed by atoms with Crippen molar-refractivity contribution >= 4 is 0 Å². The Kier molecular flexibility index (Phi) is 4.27. The maximum Gasteiger partial charge on any atom is 0.200 e. The molecule has 5 nitrogen and oxygen atoms in total. The first-order valence-corrected chi connectivity index (χ1v) is 6.22. The van der Waals surface area contributed by atoms with Gasteiger partial charge >= 0.3 is 0 Å². The first-order chi connectivity index (χ1) is 8.69. The van der Waals surface area contributed by atoms with Crippen LogP contribution in [0.25, 0.3) is 0 Å². The van der Waals surface area contributed by atoms with Gasteiger partial charge in [0.15, 0.2) is 5.82 Å². The summed E-state index contributed by atoms with van der Waals surface area (Å²) >= 11 is 0. The van der Waals surface area contributed by atoms with Gasteiger partial charge in [-0.2, -0.15) is 0 Å². The normalized spacial score (nSPS) is 24.4. The first kappa shape index (κ1) is 13.4. The number of hydrogen-bond donors (Lipinski definition) is 0. The molecule has 1 atom stereocenters. The Labute approximate surface area is 107 Å². The molecule has 1 aliphatic rings. The van der Waals surface area contributed by atoms with Gasteiger partial charge in [0, 0.05) is 27.0 Å². The quantitative estimate of drug-likeness (QED) is 0.769. The van der Waals surface area contributed by atoms with E-state index >= 15 is 0 Å². The smallest absolute Gasteiger partial charge is 0.200 e. The van der Waals surface area contributed by atoms with Crippen LogP contribution in [0.4, 0.5) is 0 Å². The van der Waals surface area contributed by atoms with Crippen LogP contribution in [0.15, 0.2) is 12.3 Å². The second-order valence-corrected chi connectivity index (χ2v) is 4.64. The third-order valence-corrected chi connectivity index (χ3v) is 3.29. The maximum absolute atomic E-state index is 5.85. The molecule has 1 fully saturated rings. The van der Waals surface area contributed by atoms with Gasteiger partial charge in [0.1, 0.15) is 11.3 Å². The third kappa shape index (κ3) is 2.68. The zero-order valence-corrected chi connectivity index (χ0v) is 11.2. The molecule has 0 aromatic carbocycles. The van der Waals surface area contributed by atoms with Crippen LogP contribution in [0.3, 0.4) is 0 Å². The molecular weight excluding hydrogens is 232 g/mol. The molecule has 0 saturated carbocycles. The average molecular weight is 252 g/mol. The molecule has 1 unspecified atom stereocenters. The summed E-state index contributed by atoms with van der Waals surface area (Å²) in [4.78, 5) is 8.86. The molecule has 2 heterocycles. The minimum Gasteiger partial charge on any atom is -0.367 e. The largest absolute Gasteiger partial charge is 0.367 e. The predicted octanol–water partition coefficient (Wildman–Crippen LogP) is 2.18. The number of hydrogen-bond acceptors (Lipinski definition) is 5. The van der Waals surface area contributed by atoms with Crippen molar-refractivity contribution in [2.45, 2.75) is 38.1 Å². The Balaban J connectivity index is 2.25. The van der Waals surface area contributed by atoms with Gasteiger partial charge in [0.05, 0.1) is 0 Å². The van der Waals surface area contributed by atoms with Crippen LogP contribution >= 0.6 is 0 Å². The summed E-state index contributed by atoms with van der Waals surface area (Å²) in [6.45, 7) is 2.81. The summed E-state index contributed by atoms with van der Waals surface area (Å²) in [5, 5.41) is 0. The van der Waals surface area contributed by atoms with E-state index in [9.17, 15) is 0 Å². The van der Waals surface area contributed by atoms with Crippen molar-refractivity contribution in [3.63, 3.8) is 0 Å². The van der Waals surface area contributed by atoms with E-state index in [1.54, 1.807) is 26.5 Å². The fourth-order valence-electron chi connectivity index (χ4n) is 2.21. The Morgan fingerprint density at radius 2 is 2.11 bits per heavy atom. The topological polar surface area (TPSA) is 53.5 Å². The monoisotopic (exact) mass is 252 g/mol. The molecule has 1 aromatic heterocycles. The summed E-state index contributed by atoms with van der Waals surface area (Å²) in [5.74, 6) is 0.707. The summed E-state index contributed by atoms with van der Waals surface area (Å²) in [6, 6.07) is 1.80. The van der Waals surface area contributed by atoms with Gasteiger partial charge in [-0.3, -0.25) is 0 Å². The summed E-state index contributed by atoms with van der Waals surface area (Å²) in [7, 11) is 3.18. The zero-order chi connectivity index (χ0) is 13.0. The average Bonchev–Trinajstić information content (AvgIpc) is 2.41. The minimum absolute atomic E-state index is 0.389. The number of aromatic nitrogens is 2. The molecule has 1 aliphatic heterocycles. The Morgan fingerprint density at radius 1 is 1.33 bits per heavy atom. The highest BCUT2D eigenvalue weighted by Gasteiger charge is 2.33. The lowest BCUT2D eigenvalue weighted by atomic mass is 9.95. The van der Waals surface area contributed by atoms with E-state index in [0.29, 0.717) is 5.82 Å². The number of rotatable bonds is 4. The lowest BCUT2D eigenvalue weighted by Gasteiger charge is -2.32. The fourth-order valence-corrected chi connectivity index (χ4v) is 2.21. The maximum atomic E-state index is 5.85. The molecule has 0 amide bonds. The lowest BCUT2D eigenvalue weighted by Crippen LogP contribution is -2.32. The van der Waals surface area contributed by atoms with Crippen molar-refractivity contribution in [3.05, 3.63) is 23.8 Å². The van der Waals surface area contributed by atoms with Crippen LogP contribution in [0.2, 0.25) is 0 Å². The minimum atomic E-state index is -0.459. The molecule has 18 heavy (non-hydrogen) atoms. The number of methoxy groups -OCH3 is 2. The summed E-state index contributed by atoms with van der Waals surface area (Å²) < 4.78 is 16.3. The molecule has 0 N–H and O–H groups in total. The van der Waals surface area contributed by atoms with Gasteiger partial charge in [0.2, 0.25) is 6.29 Å². The van der Waals surface area contributed by atoms with Crippen LogP contribution in [-0.2, 0) is 19.8 Å². The van der Waals surface area contributed by atoms with Crippen molar-refractivity contribution in [2.75, 3.05) is 20.8 Å². The van der Waals surface area contributed by atoms with Gasteiger partial charge in [0.25, 0.3) is 0 Å². The Morgan fingerprint density at radius 3 is 2.72 bits per heavy atom. The van der Waals surface area contributed by atoms with E-state index in [1.807, 2.05) is 6.92 Å². The molecule has 2 rings (SSSR count). The SMILES string of the molecule is COC(OC)c1ccnc(C2(C)CCCCO2)n1. The molecule has 1 saturated heterocycles. The lowest BCUT2D eigenvalue weighted by molar-refractivity contribution is -0.110. The van der Waals surface area contributed by atoms with E-state index in [2.05, 4.69) is 9.97 Å². The second-order valence-electron chi connectivity index (χ2n) is 4.64. The number of nitrogens with zero attached hydrogens (tertiary/aromatic N) is 2. The molecule has 0 radical (unpaired) electrons. The van der Waals surface area contributed by atoms with Crippen LogP contribution in [0.1, 0.15) is 44.0 Å². The van der Waals surface area contributed by atoms with Gasteiger partial charge < -0.3 is 14.2 Å². The van der Waals surface area contributed by atoms with Crippen molar-refractivity contribution in [3.8, 4) is 0 Å². The fraction of sp³-hybridized carbons (Fsp3) is 0.692. The van der Waals surface area contributed by atoms with Gasteiger partial charge in [-0.1, -0.05) is 0 Å². The van der Waals surface area contributed by atoms with E-state index in [0.717, 1.165) is 31.6 Å². The molecule has 1 aromatic rings. The van der Waals surface area contributed by atoms with Crippen LogP contribution in [0.5, 0.6) is 0 Å². The van der Waals surface area contributed by atoms with Crippen LogP contribution < -0.4 is 0 Å². The van der Waals surface area contributed by atoms with Crippen molar-refractivity contribution in [1.82, 2.24) is 9.97 Å². The van der Waals surface area contributed by atoms with Crippen molar-refractivity contribution in [1.29, 1.82) is 0 Å². The second kappa shape index (κ2) is 5.73. The first-order valence-electron chi connectivity index (χ1n) is 6.22. The number of ether oxygens (including phenoxy) is 3. The van der Waals surface area contributed by atoms with E-state index in [-0.39, 0.29) is 5.60 Å². The van der Waals surface area contributed by atoms with E-state index in [4.69, 9.17) is 14.2 Å². The Bertz CT molecular complexity index is 388. The third-order valence-electron chi connectivity index (χ3n) is 3.29. The van der Waals surface area contributed by atoms with E-state index in [1.165, 1.54) is 0 Å². The van der Waals surface area contributed by atoms with Gasteiger partial charge in [-0.25, -0.2) is 9.97 Å². The summed E-state index contributed by atoms with van der Waals surface area (Å²) in [5.41, 5.74) is 0.334. The molecule has 0 aliphatic carbocycles. The molecule has 0 spiro atoms. The van der Waals surface area contributed by atoms with E-state index < -0.39 is 6.29 Å². The van der Waals surface area contributed by atoms with Crippen molar-refractivity contribution < 1.29 is 14.2 Å². The highest BCUT2D eigenvalue weighted by molar-refractivity contribution is 5.09. The van der Waals surface area contributed by atoms with Gasteiger partial charge in [-0.15, -0.1) is 0 Å². The summed E-state index contributed by atoms with van der Waals surface area (Å²) in [6.07, 6.45) is 4.46. The zero-order valence-electron chi connectivity index (χ0n) is 11.2. The van der Waals surface area contributed by atoms with Gasteiger partial charge in [-0.05, 0) is 32.3 Å². The predicted molar refractivity (Wildman–Crippen MR) is 65.9 cm³/mol. The molecular formula is C13H20N2O3. The Hall–Kier alpha value is -1.04. The molecule has 5 heteroatoms. The highest BCUT2D eigenvalue weighted by atomic mass is 16.7. The highest BCUT2D eigenvalue weighted by Crippen LogP contribution is 2.32. The van der Waals surface area contributed by atoms with Crippen molar-refractivity contribution in [2.24, 2.45) is 0 Å². The molecule has 100 valence electrons.